The smallest absolute Gasteiger partial charge is 0.316 e. The molecule has 0 aromatic rings. The number of fused-ring (bicyclic) bond motifs is 2. The molecule has 6 aliphatic heterocycles. The molecule has 15 nitrogen and oxygen atoms in total. The van der Waals surface area contributed by atoms with E-state index in [1.54, 1.807) is 40.4 Å². The van der Waals surface area contributed by atoms with Crippen LogP contribution in [-0.4, -0.2) is 148 Å². The topological polar surface area (TPSA) is 168 Å². The predicted octanol–water partition coefficient (Wildman–Crippen LogP) is 6.54. The highest BCUT2D eigenvalue weighted by atomic mass is 16.7. The molecule has 8 rings (SSSR count). The van der Waals surface area contributed by atoms with E-state index >= 15 is 0 Å². The van der Waals surface area contributed by atoms with Gasteiger partial charge in [-0.1, -0.05) is 69.6 Å². The molecule has 4 saturated heterocycles. The van der Waals surface area contributed by atoms with E-state index in [0.717, 1.165) is 18.4 Å². The number of aliphatic hydroxyl groups excluding tert-OH is 1. The van der Waals surface area contributed by atoms with Gasteiger partial charge in [0.1, 0.15) is 48.8 Å². The fourth-order valence-corrected chi connectivity index (χ4v) is 12.1. The first-order valence-electron chi connectivity index (χ1n) is 24.9. The summed E-state index contributed by atoms with van der Waals surface area (Å²) >= 11 is 0. The van der Waals surface area contributed by atoms with Crippen LogP contribution in [0.1, 0.15) is 106 Å². The Morgan fingerprint density at radius 1 is 0.821 bits per heavy atom. The molecular formula is C52H78O15. The molecule has 0 aromatic carbocycles. The summed E-state index contributed by atoms with van der Waals surface area (Å²) in [6, 6.07) is 0. The Kier molecular flexibility index (Phi) is 16.7. The molecule has 1 spiro atoms. The number of esters is 1. The Morgan fingerprint density at radius 3 is 2.24 bits per heavy atom. The van der Waals surface area contributed by atoms with Gasteiger partial charge in [-0.25, -0.2) is 0 Å². The lowest BCUT2D eigenvalue weighted by atomic mass is 9.71. The molecule has 15 heteroatoms. The molecule has 3 unspecified atom stereocenters. The molecule has 0 radical (unpaired) electrons. The maximum Gasteiger partial charge on any atom is 0.316 e. The minimum atomic E-state index is -1.83. The van der Waals surface area contributed by atoms with E-state index in [1.807, 2.05) is 32.1 Å². The van der Waals surface area contributed by atoms with E-state index in [1.165, 1.54) is 19.3 Å². The number of carbonyl (C=O) groups excluding carboxylic acids is 1. The van der Waals surface area contributed by atoms with Crippen LogP contribution in [0.2, 0.25) is 0 Å². The van der Waals surface area contributed by atoms with Crippen LogP contribution in [0, 0.1) is 23.7 Å². The summed E-state index contributed by atoms with van der Waals surface area (Å²) in [7, 11) is 4.91. The van der Waals surface area contributed by atoms with Gasteiger partial charge in [0.25, 0.3) is 0 Å². The standard InChI is InChI=1S/C52H78O15/c1-29-14-13-17-36-27-59-49-44(53)32(4)22-39(52(36,49)55)50(54)63-38-23-37(66-51(26-38)21-20-31(3)46(67-51)35-15-11-10-12-16-35)19-18-30(2)45(29)64-42-25-41(58-9)48(34(6)62-42)65-43-24-40(57-8)47(33(5)61-43)60-28-56-7/h13-14,17-18,20-22,29,31,33-35,37-49,53,55H,10-12,15-16,19,23-28H2,1-9H3/t29?,31-,33-,34-,37+,38-,39-,40-,41-,42?,43-,44+,45-,46-,47?,48-,49+,51+,52+/m0/s1. The molecule has 2 aliphatic carbocycles. The lowest BCUT2D eigenvalue weighted by Gasteiger charge is -2.49. The molecule has 2 N–H and O–H groups in total. The maximum atomic E-state index is 14.5. The van der Waals surface area contributed by atoms with Crippen LogP contribution in [0.4, 0.5) is 0 Å². The largest absolute Gasteiger partial charge is 0.462 e. The Morgan fingerprint density at radius 2 is 1.52 bits per heavy atom. The molecule has 0 aromatic heterocycles. The van der Waals surface area contributed by atoms with Crippen molar-refractivity contribution in [1.82, 2.24) is 0 Å². The number of carbonyl (C=O) groups is 1. The second kappa shape index (κ2) is 22.0. The van der Waals surface area contributed by atoms with E-state index in [4.69, 9.17) is 56.8 Å². The Bertz CT molecular complexity index is 1840. The summed E-state index contributed by atoms with van der Waals surface area (Å²) in [6.07, 6.45) is 14.8. The molecule has 2 bridgehead atoms. The third-order valence-corrected chi connectivity index (χ3v) is 15.8. The number of allylic oxidation sites excluding steroid dienone is 2. The van der Waals surface area contributed by atoms with Gasteiger partial charge >= 0.3 is 5.97 Å². The number of aliphatic hydroxyl groups is 2. The van der Waals surface area contributed by atoms with Crippen LogP contribution in [0.25, 0.3) is 0 Å². The first-order valence-corrected chi connectivity index (χ1v) is 24.9. The summed E-state index contributed by atoms with van der Waals surface area (Å²) in [5.74, 6) is -2.32. The van der Waals surface area contributed by atoms with Crippen LogP contribution in [0.15, 0.2) is 59.3 Å². The number of hydrogen-bond acceptors (Lipinski definition) is 15. The molecular weight excluding hydrogens is 865 g/mol. The quantitative estimate of drug-likeness (QED) is 0.138. The van der Waals surface area contributed by atoms with Crippen molar-refractivity contribution in [2.75, 3.05) is 34.7 Å². The van der Waals surface area contributed by atoms with Gasteiger partial charge in [-0.2, -0.15) is 0 Å². The molecule has 67 heavy (non-hydrogen) atoms. The molecule has 6 heterocycles. The van der Waals surface area contributed by atoms with Gasteiger partial charge in [0.2, 0.25) is 0 Å². The van der Waals surface area contributed by atoms with Crippen molar-refractivity contribution < 1.29 is 71.8 Å². The molecule has 1 saturated carbocycles. The number of methoxy groups -OCH3 is 3. The van der Waals surface area contributed by atoms with Crippen LogP contribution < -0.4 is 0 Å². The molecule has 19 atom stereocenters. The normalized spacial score (nSPS) is 45.5. The fraction of sp³-hybridized carbons (Fsp3) is 0.788. The average Bonchev–Trinajstić information content (AvgIpc) is 3.65. The van der Waals surface area contributed by atoms with Gasteiger partial charge in [0, 0.05) is 58.8 Å². The highest BCUT2D eigenvalue weighted by molar-refractivity contribution is 5.78. The Hall–Kier alpha value is -2.35. The van der Waals surface area contributed by atoms with Crippen molar-refractivity contribution >= 4 is 5.97 Å². The molecule has 0 amide bonds. The van der Waals surface area contributed by atoms with Crippen molar-refractivity contribution in [2.24, 2.45) is 23.7 Å². The lowest BCUT2D eigenvalue weighted by molar-refractivity contribution is -0.323. The highest BCUT2D eigenvalue weighted by Gasteiger charge is 2.60. The van der Waals surface area contributed by atoms with Gasteiger partial charge in [0.05, 0.1) is 49.3 Å². The van der Waals surface area contributed by atoms with Gasteiger partial charge in [-0.15, -0.1) is 0 Å². The van der Waals surface area contributed by atoms with Crippen molar-refractivity contribution in [2.45, 2.75) is 203 Å². The molecule has 8 aliphatic rings. The number of rotatable bonds is 10. The monoisotopic (exact) mass is 943 g/mol. The van der Waals surface area contributed by atoms with Crippen LogP contribution in [0.5, 0.6) is 0 Å². The highest BCUT2D eigenvalue weighted by Crippen LogP contribution is 2.48. The van der Waals surface area contributed by atoms with Crippen molar-refractivity contribution in [3.63, 3.8) is 0 Å². The summed E-state index contributed by atoms with van der Waals surface area (Å²) in [5, 5.41) is 23.9. The van der Waals surface area contributed by atoms with E-state index in [0.29, 0.717) is 49.2 Å². The molecule has 376 valence electrons. The zero-order valence-corrected chi connectivity index (χ0v) is 41.1. The van der Waals surface area contributed by atoms with Gasteiger partial charge in [-0.05, 0) is 75.7 Å². The summed E-state index contributed by atoms with van der Waals surface area (Å²) in [5.41, 5.74) is 0.177. The van der Waals surface area contributed by atoms with Gasteiger partial charge in [-0.3, -0.25) is 4.79 Å². The zero-order valence-electron chi connectivity index (χ0n) is 41.1. The van der Waals surface area contributed by atoms with Gasteiger partial charge < -0.3 is 67.1 Å². The predicted molar refractivity (Wildman–Crippen MR) is 245 cm³/mol. The van der Waals surface area contributed by atoms with Crippen LogP contribution in [-0.2, 0) is 61.6 Å². The van der Waals surface area contributed by atoms with E-state index < -0.39 is 72.5 Å². The van der Waals surface area contributed by atoms with Crippen molar-refractivity contribution in [1.29, 1.82) is 0 Å². The summed E-state index contributed by atoms with van der Waals surface area (Å²) in [4.78, 5) is 14.5. The summed E-state index contributed by atoms with van der Waals surface area (Å²) in [6.45, 7) is 12.2. The van der Waals surface area contributed by atoms with E-state index in [9.17, 15) is 15.0 Å². The van der Waals surface area contributed by atoms with E-state index in [2.05, 4.69) is 32.9 Å². The second-order valence-electron chi connectivity index (χ2n) is 20.5. The fourth-order valence-electron chi connectivity index (χ4n) is 12.1. The van der Waals surface area contributed by atoms with Gasteiger partial charge in [0.15, 0.2) is 18.4 Å². The SMILES string of the molecule is COCOC1[C@H](C)O[C@@H](O[C@H]2[C@H](C)OC(O[C@@H]3C(C)=CC[C@@H]4C[C@@H](C[C@]5(C=C[C@H](C)[C@@H](C6CCCCC6)O5)O4)OC(=O)[C@@H]4C=C(C)[C@@H](O)[C@H]5OCC(=CC=CC3C)[C@]54O)C[C@@H]2OC)C[C@@H]1OC. The zero-order chi connectivity index (χ0) is 47.6. The van der Waals surface area contributed by atoms with Crippen molar-refractivity contribution in [3.05, 3.63) is 59.3 Å². The minimum Gasteiger partial charge on any atom is -0.462 e. The molecule has 5 fully saturated rings. The number of hydrogen-bond donors (Lipinski definition) is 2. The Balaban J connectivity index is 1.06. The minimum absolute atomic E-state index is 0.0240. The number of ether oxygens (including phenoxy) is 12. The first-order chi connectivity index (χ1) is 32.2. The third-order valence-electron chi connectivity index (χ3n) is 15.8. The second-order valence-corrected chi connectivity index (χ2v) is 20.5. The first kappa shape index (κ1) is 51.0. The van der Waals surface area contributed by atoms with Crippen LogP contribution in [0.3, 0.4) is 0 Å². The Labute approximate surface area is 397 Å². The maximum absolute atomic E-state index is 14.5. The average molecular weight is 943 g/mol. The summed E-state index contributed by atoms with van der Waals surface area (Å²) < 4.78 is 76.0. The van der Waals surface area contributed by atoms with Crippen molar-refractivity contribution in [3.8, 4) is 0 Å². The third kappa shape index (κ3) is 10.9. The van der Waals surface area contributed by atoms with E-state index in [-0.39, 0.29) is 61.9 Å². The lowest BCUT2D eigenvalue weighted by Crippen LogP contribution is -2.58. The van der Waals surface area contributed by atoms with Crippen LogP contribution >= 0.6 is 0 Å².